The number of hydrogen-bond donors (Lipinski definition) is 1. The Labute approximate surface area is 58.4 Å². The van der Waals surface area contributed by atoms with Crippen LogP contribution in [-0.4, -0.2) is 34.1 Å². The molecule has 0 unspecified atom stereocenters. The molecule has 0 aliphatic carbocycles. The van der Waals surface area contributed by atoms with Crippen LogP contribution in [0.1, 0.15) is 6.42 Å². The molecule has 0 aromatic rings. The molecule has 0 radical (unpaired) electrons. The topological polar surface area (TPSA) is 37.3 Å². The van der Waals surface area contributed by atoms with Crippen molar-refractivity contribution in [1.29, 1.82) is 0 Å². The number of carboxylic acid groups (broad SMARTS) is 1. The Kier molecular flexibility index (Phi) is 8.59. The molecular formula is C4H8MgO2. The SMILES string of the molecule is C=CCC(=O)O.[MgH2]. The number of hydrogen-bond acceptors (Lipinski definition) is 1. The second-order valence-electron chi connectivity index (χ2n) is 0.887. The van der Waals surface area contributed by atoms with E-state index in [0.29, 0.717) is 0 Å². The first-order valence-electron chi connectivity index (χ1n) is 1.60. The van der Waals surface area contributed by atoms with Crippen molar-refractivity contribution in [3.8, 4) is 0 Å². The molecule has 0 aliphatic rings. The van der Waals surface area contributed by atoms with Gasteiger partial charge in [0, 0.05) is 0 Å². The van der Waals surface area contributed by atoms with Crippen molar-refractivity contribution < 1.29 is 9.90 Å². The van der Waals surface area contributed by atoms with Crippen LogP contribution in [0.15, 0.2) is 12.7 Å². The van der Waals surface area contributed by atoms with Crippen LogP contribution in [0, 0.1) is 0 Å². The van der Waals surface area contributed by atoms with Crippen LogP contribution in [0.25, 0.3) is 0 Å². The van der Waals surface area contributed by atoms with Crippen LogP contribution in [0.2, 0.25) is 0 Å². The zero-order valence-electron chi connectivity index (χ0n) is 3.35. The van der Waals surface area contributed by atoms with Gasteiger partial charge in [0.2, 0.25) is 0 Å². The maximum absolute atomic E-state index is 9.53. The highest BCUT2D eigenvalue weighted by molar-refractivity contribution is 5.75. The van der Waals surface area contributed by atoms with E-state index in [1.165, 1.54) is 6.08 Å². The van der Waals surface area contributed by atoms with Gasteiger partial charge in [-0.05, 0) is 0 Å². The number of carboxylic acids is 1. The molecule has 1 N–H and O–H groups in total. The van der Waals surface area contributed by atoms with Crippen molar-refractivity contribution in [2.75, 3.05) is 0 Å². The van der Waals surface area contributed by atoms with Crippen LogP contribution >= 0.6 is 0 Å². The Morgan fingerprint density at radius 3 is 2.29 bits per heavy atom. The predicted octanol–water partition coefficient (Wildman–Crippen LogP) is -0.269. The monoisotopic (exact) mass is 112 g/mol. The summed E-state index contributed by atoms with van der Waals surface area (Å²) >= 11 is 0. The minimum atomic E-state index is -0.829. The summed E-state index contributed by atoms with van der Waals surface area (Å²) in [6.45, 7) is 3.22. The maximum atomic E-state index is 9.53. The summed E-state index contributed by atoms with van der Waals surface area (Å²) < 4.78 is 0. The van der Waals surface area contributed by atoms with Gasteiger partial charge in [0.05, 0.1) is 6.42 Å². The lowest BCUT2D eigenvalue weighted by Crippen LogP contribution is -1.88. The van der Waals surface area contributed by atoms with Crippen LogP contribution in [0.3, 0.4) is 0 Å². The van der Waals surface area contributed by atoms with E-state index in [9.17, 15) is 4.79 Å². The smallest absolute Gasteiger partial charge is 0.316 e. The Balaban J connectivity index is 0. The van der Waals surface area contributed by atoms with E-state index in [2.05, 4.69) is 6.58 Å². The van der Waals surface area contributed by atoms with Gasteiger partial charge in [-0.25, -0.2) is 0 Å². The van der Waals surface area contributed by atoms with E-state index in [4.69, 9.17) is 5.11 Å². The van der Waals surface area contributed by atoms with Crippen LogP contribution in [0.5, 0.6) is 0 Å². The first-order chi connectivity index (χ1) is 2.77. The quantitative estimate of drug-likeness (QED) is 0.394. The molecule has 0 bridgehead atoms. The minimum absolute atomic E-state index is 0. The Morgan fingerprint density at radius 1 is 1.86 bits per heavy atom. The first-order valence-corrected chi connectivity index (χ1v) is 1.60. The van der Waals surface area contributed by atoms with Crippen LogP contribution < -0.4 is 0 Å². The highest BCUT2D eigenvalue weighted by atomic mass is 24.3. The van der Waals surface area contributed by atoms with Gasteiger partial charge in [-0.1, -0.05) is 6.08 Å². The number of rotatable bonds is 2. The molecule has 38 valence electrons. The molecule has 0 aromatic carbocycles. The Bertz CT molecular complexity index is 70.1. The van der Waals surface area contributed by atoms with E-state index >= 15 is 0 Å². The molecule has 0 spiro atoms. The highest BCUT2D eigenvalue weighted by Crippen LogP contribution is 1.74. The predicted molar refractivity (Wildman–Crippen MR) is 31.0 cm³/mol. The average molecular weight is 112 g/mol. The van der Waals surface area contributed by atoms with Gasteiger partial charge in [-0.15, -0.1) is 6.58 Å². The lowest BCUT2D eigenvalue weighted by molar-refractivity contribution is -0.135. The maximum Gasteiger partial charge on any atom is 0.316 e. The van der Waals surface area contributed by atoms with E-state index in [1.807, 2.05) is 0 Å². The summed E-state index contributed by atoms with van der Waals surface area (Å²) in [5, 5.41) is 7.84. The Morgan fingerprint density at radius 2 is 2.29 bits per heavy atom. The summed E-state index contributed by atoms with van der Waals surface area (Å²) in [4.78, 5) is 9.53. The summed E-state index contributed by atoms with van der Waals surface area (Å²) in [6.07, 6.45) is 1.41. The lowest BCUT2D eigenvalue weighted by atomic mass is 10.4. The largest absolute Gasteiger partial charge is 0.481 e. The van der Waals surface area contributed by atoms with Crippen molar-refractivity contribution in [3.05, 3.63) is 12.7 Å². The molecule has 0 rings (SSSR count). The fourth-order valence-electron chi connectivity index (χ4n) is 0.123. The minimum Gasteiger partial charge on any atom is -0.481 e. The normalized spacial score (nSPS) is 6.29. The van der Waals surface area contributed by atoms with Gasteiger partial charge in [0.1, 0.15) is 0 Å². The van der Waals surface area contributed by atoms with E-state index in [-0.39, 0.29) is 29.5 Å². The lowest BCUT2D eigenvalue weighted by Gasteiger charge is -1.75. The molecule has 3 heteroatoms. The second-order valence-corrected chi connectivity index (χ2v) is 0.887. The van der Waals surface area contributed by atoms with Gasteiger partial charge >= 0.3 is 29.0 Å². The molecule has 7 heavy (non-hydrogen) atoms. The standard InChI is InChI=1S/C4H6O2.Mg.2H/c1-2-3-4(5)6;;;/h2H,1,3H2,(H,5,6);;;. The summed E-state index contributed by atoms with van der Waals surface area (Å²) in [7, 11) is 0. The number of carbonyl (C=O) groups is 1. The average Bonchev–Trinajstić information content (AvgIpc) is 1.35. The van der Waals surface area contributed by atoms with Gasteiger partial charge in [0.25, 0.3) is 0 Å². The summed E-state index contributed by atoms with van der Waals surface area (Å²) in [6, 6.07) is 0. The zero-order chi connectivity index (χ0) is 4.99. The third-order valence-corrected chi connectivity index (χ3v) is 0.319. The third-order valence-electron chi connectivity index (χ3n) is 0.319. The summed E-state index contributed by atoms with van der Waals surface area (Å²) in [5.41, 5.74) is 0. The van der Waals surface area contributed by atoms with Crippen LogP contribution in [-0.2, 0) is 4.79 Å². The van der Waals surface area contributed by atoms with Crippen molar-refractivity contribution in [2.45, 2.75) is 6.42 Å². The molecule has 0 heterocycles. The van der Waals surface area contributed by atoms with Crippen LogP contribution in [0.4, 0.5) is 0 Å². The fourth-order valence-corrected chi connectivity index (χ4v) is 0.123. The third kappa shape index (κ3) is 10.7. The Hall–Kier alpha value is -0.0238. The molecule has 0 saturated carbocycles. The molecule has 0 aromatic heterocycles. The molecular weight excluding hydrogens is 104 g/mol. The van der Waals surface area contributed by atoms with Crippen molar-refractivity contribution in [2.24, 2.45) is 0 Å². The van der Waals surface area contributed by atoms with Gasteiger partial charge < -0.3 is 5.11 Å². The van der Waals surface area contributed by atoms with Gasteiger partial charge in [-0.3, -0.25) is 4.79 Å². The molecule has 0 amide bonds. The van der Waals surface area contributed by atoms with Gasteiger partial charge in [0.15, 0.2) is 0 Å². The fraction of sp³-hybridized carbons (Fsp3) is 0.250. The zero-order valence-corrected chi connectivity index (χ0v) is 3.35. The summed E-state index contributed by atoms with van der Waals surface area (Å²) in [5.74, 6) is -0.829. The highest BCUT2D eigenvalue weighted by Gasteiger charge is 1.84. The number of aliphatic carboxylic acids is 1. The van der Waals surface area contributed by atoms with E-state index in [0.717, 1.165) is 0 Å². The van der Waals surface area contributed by atoms with Crippen molar-refractivity contribution >= 4 is 29.0 Å². The van der Waals surface area contributed by atoms with Crippen molar-refractivity contribution in [3.63, 3.8) is 0 Å². The van der Waals surface area contributed by atoms with E-state index < -0.39 is 5.97 Å². The van der Waals surface area contributed by atoms with Gasteiger partial charge in [-0.2, -0.15) is 0 Å². The molecule has 2 nitrogen and oxygen atoms in total. The van der Waals surface area contributed by atoms with E-state index in [1.54, 1.807) is 0 Å². The van der Waals surface area contributed by atoms with Crippen molar-refractivity contribution in [1.82, 2.24) is 0 Å². The first kappa shape index (κ1) is 10.1. The molecule has 0 atom stereocenters. The molecule has 0 saturated heterocycles. The molecule has 0 aliphatic heterocycles. The second kappa shape index (κ2) is 5.98. The molecule has 0 fully saturated rings.